The minimum absolute atomic E-state index is 0.104. The van der Waals surface area contributed by atoms with Crippen molar-refractivity contribution >= 4 is 29.2 Å². The van der Waals surface area contributed by atoms with Crippen molar-refractivity contribution in [3.8, 4) is 0 Å². The van der Waals surface area contributed by atoms with E-state index in [1.807, 2.05) is 25.1 Å². The van der Waals surface area contributed by atoms with Crippen LogP contribution in [0.15, 0.2) is 42.7 Å². The lowest BCUT2D eigenvalue weighted by Gasteiger charge is -2.14. The van der Waals surface area contributed by atoms with Gasteiger partial charge in [0.1, 0.15) is 0 Å². The van der Waals surface area contributed by atoms with Gasteiger partial charge in [0.05, 0.1) is 6.04 Å². The van der Waals surface area contributed by atoms with Crippen LogP contribution in [0, 0.1) is 0 Å². The summed E-state index contributed by atoms with van der Waals surface area (Å²) in [6.07, 6.45) is 4.08. The van der Waals surface area contributed by atoms with Gasteiger partial charge < -0.3 is 10.6 Å². The number of benzene rings is 1. The van der Waals surface area contributed by atoms with Crippen molar-refractivity contribution in [2.45, 2.75) is 19.4 Å². The van der Waals surface area contributed by atoms with Crippen molar-refractivity contribution in [2.24, 2.45) is 0 Å². The van der Waals surface area contributed by atoms with E-state index in [2.05, 4.69) is 15.6 Å². The summed E-state index contributed by atoms with van der Waals surface area (Å²) >= 11 is 11.9. The van der Waals surface area contributed by atoms with Gasteiger partial charge in [0, 0.05) is 29.0 Å². The Hall–Kier alpha value is -1.78. The van der Waals surface area contributed by atoms with Crippen LogP contribution >= 0.6 is 23.2 Å². The molecule has 0 aliphatic carbocycles. The molecule has 6 heteroatoms. The summed E-state index contributed by atoms with van der Waals surface area (Å²) < 4.78 is 0. The first kappa shape index (κ1) is 16.6. The third-order valence-electron chi connectivity index (χ3n) is 3.23. The second-order valence-electron chi connectivity index (χ2n) is 4.89. The maximum absolute atomic E-state index is 11.9. The molecule has 0 bridgehead atoms. The summed E-state index contributed by atoms with van der Waals surface area (Å²) in [5.41, 5.74) is 1.91. The van der Waals surface area contributed by atoms with Crippen LogP contribution in [0.5, 0.6) is 0 Å². The van der Waals surface area contributed by atoms with E-state index >= 15 is 0 Å². The summed E-state index contributed by atoms with van der Waals surface area (Å²) in [7, 11) is 0. The van der Waals surface area contributed by atoms with Gasteiger partial charge in [-0.2, -0.15) is 0 Å². The Morgan fingerprint density at radius 3 is 2.82 bits per heavy atom. The van der Waals surface area contributed by atoms with Crippen molar-refractivity contribution < 1.29 is 4.79 Å². The fraction of sp³-hybridized carbons (Fsp3) is 0.250. The van der Waals surface area contributed by atoms with Crippen LogP contribution in [0.25, 0.3) is 0 Å². The Kier molecular flexibility index (Phi) is 6.04. The normalized spacial score (nSPS) is 11.8. The lowest BCUT2D eigenvalue weighted by atomic mass is 10.1. The van der Waals surface area contributed by atoms with Gasteiger partial charge in [-0.15, -0.1) is 0 Å². The summed E-state index contributed by atoms with van der Waals surface area (Å²) in [5, 5.41) is 6.88. The van der Waals surface area contributed by atoms with E-state index in [4.69, 9.17) is 23.2 Å². The van der Waals surface area contributed by atoms with Gasteiger partial charge in [0.15, 0.2) is 0 Å². The number of pyridine rings is 1. The van der Waals surface area contributed by atoms with Crippen LogP contribution in [-0.4, -0.2) is 17.6 Å². The van der Waals surface area contributed by atoms with Crippen LogP contribution in [0.2, 0.25) is 10.0 Å². The number of nitrogens with one attached hydrogen (secondary N) is 2. The number of aromatic nitrogens is 1. The van der Waals surface area contributed by atoms with E-state index in [0.29, 0.717) is 23.0 Å². The molecule has 22 heavy (non-hydrogen) atoms. The van der Waals surface area contributed by atoms with Gasteiger partial charge in [0.2, 0.25) is 0 Å². The molecule has 2 aromatic rings. The molecule has 2 rings (SSSR count). The lowest BCUT2D eigenvalue weighted by molar-refractivity contribution is 0.238. The van der Waals surface area contributed by atoms with E-state index in [1.54, 1.807) is 24.5 Å². The molecule has 0 saturated carbocycles. The number of halogens is 2. The lowest BCUT2D eigenvalue weighted by Crippen LogP contribution is -2.38. The predicted octanol–water partition coefficient (Wildman–Crippen LogP) is 3.99. The molecule has 0 radical (unpaired) electrons. The average molecular weight is 338 g/mol. The van der Waals surface area contributed by atoms with E-state index < -0.39 is 0 Å². The third-order valence-corrected chi connectivity index (χ3v) is 3.81. The zero-order valence-corrected chi connectivity index (χ0v) is 13.7. The maximum atomic E-state index is 11.9. The number of urea groups is 1. The highest BCUT2D eigenvalue weighted by molar-refractivity contribution is 6.35. The minimum Gasteiger partial charge on any atom is -0.338 e. The fourth-order valence-corrected chi connectivity index (χ4v) is 2.50. The monoisotopic (exact) mass is 337 g/mol. The molecule has 2 amide bonds. The van der Waals surface area contributed by atoms with Gasteiger partial charge in [-0.25, -0.2) is 4.79 Å². The molecule has 1 heterocycles. The second kappa shape index (κ2) is 8.01. The number of rotatable bonds is 5. The van der Waals surface area contributed by atoms with Gasteiger partial charge in [-0.3, -0.25) is 4.98 Å². The molecular weight excluding hydrogens is 321 g/mol. The average Bonchev–Trinajstić information content (AvgIpc) is 2.50. The minimum atomic E-state index is -0.221. The molecule has 2 N–H and O–H groups in total. The van der Waals surface area contributed by atoms with Crippen LogP contribution in [0.4, 0.5) is 4.79 Å². The maximum Gasteiger partial charge on any atom is 0.315 e. The highest BCUT2D eigenvalue weighted by atomic mass is 35.5. The Morgan fingerprint density at radius 1 is 1.32 bits per heavy atom. The number of carbonyl (C=O) groups excluding carboxylic acids is 1. The van der Waals surface area contributed by atoms with E-state index in [0.717, 1.165) is 11.1 Å². The second-order valence-corrected chi connectivity index (χ2v) is 5.74. The Bertz CT molecular complexity index is 635. The molecule has 0 aliphatic heterocycles. The first-order chi connectivity index (χ1) is 10.6. The molecule has 0 spiro atoms. The van der Waals surface area contributed by atoms with Crippen LogP contribution in [0.1, 0.15) is 24.1 Å². The Balaban J connectivity index is 1.78. The van der Waals surface area contributed by atoms with Crippen LogP contribution in [0.3, 0.4) is 0 Å². The number of amides is 2. The quantitative estimate of drug-likeness (QED) is 0.866. The Labute approximate surface area is 139 Å². The zero-order chi connectivity index (χ0) is 15.9. The topological polar surface area (TPSA) is 54.0 Å². The molecule has 1 aromatic heterocycles. The van der Waals surface area contributed by atoms with Crippen molar-refractivity contribution in [1.82, 2.24) is 15.6 Å². The standard InChI is InChI=1S/C16H17Cl2N3O/c1-11(13-3-2-7-19-10-13)21-16(22)20-8-6-12-4-5-14(17)9-15(12)18/h2-5,7,9-11H,6,8H2,1H3,(H2,20,21,22). The SMILES string of the molecule is CC(NC(=O)NCCc1ccc(Cl)cc1Cl)c1cccnc1. The summed E-state index contributed by atoms with van der Waals surface area (Å²) in [6, 6.07) is 8.78. The van der Waals surface area contributed by atoms with Crippen LogP contribution in [-0.2, 0) is 6.42 Å². The molecular formula is C16H17Cl2N3O. The smallest absolute Gasteiger partial charge is 0.315 e. The summed E-state index contributed by atoms with van der Waals surface area (Å²) in [6.45, 7) is 2.40. The number of hydrogen-bond acceptors (Lipinski definition) is 2. The van der Waals surface area contributed by atoms with Crippen LogP contribution < -0.4 is 10.6 Å². The fourth-order valence-electron chi connectivity index (χ4n) is 2.00. The van der Waals surface area contributed by atoms with E-state index in [1.165, 1.54) is 0 Å². The van der Waals surface area contributed by atoms with Gasteiger partial charge in [-0.1, -0.05) is 35.3 Å². The van der Waals surface area contributed by atoms with Crippen molar-refractivity contribution in [1.29, 1.82) is 0 Å². The van der Waals surface area contributed by atoms with Gasteiger partial charge >= 0.3 is 6.03 Å². The molecule has 1 aromatic carbocycles. The van der Waals surface area contributed by atoms with Crippen molar-refractivity contribution in [3.05, 3.63) is 63.9 Å². The molecule has 1 unspecified atom stereocenters. The molecule has 1 atom stereocenters. The molecule has 116 valence electrons. The molecule has 0 aliphatic rings. The Morgan fingerprint density at radius 2 is 2.14 bits per heavy atom. The molecule has 0 saturated heterocycles. The van der Waals surface area contributed by atoms with E-state index in [9.17, 15) is 4.79 Å². The van der Waals surface area contributed by atoms with Gasteiger partial charge in [-0.05, 0) is 42.7 Å². The van der Waals surface area contributed by atoms with Gasteiger partial charge in [0.25, 0.3) is 0 Å². The molecule has 4 nitrogen and oxygen atoms in total. The van der Waals surface area contributed by atoms with Crippen molar-refractivity contribution in [3.63, 3.8) is 0 Å². The number of carbonyl (C=O) groups is 1. The number of nitrogens with zero attached hydrogens (tertiary/aromatic N) is 1. The first-order valence-corrected chi connectivity index (χ1v) is 7.70. The zero-order valence-electron chi connectivity index (χ0n) is 12.1. The highest BCUT2D eigenvalue weighted by Gasteiger charge is 2.09. The number of hydrogen-bond donors (Lipinski definition) is 2. The third kappa shape index (κ3) is 4.90. The summed E-state index contributed by atoms with van der Waals surface area (Å²) in [4.78, 5) is 15.9. The first-order valence-electron chi connectivity index (χ1n) is 6.94. The highest BCUT2D eigenvalue weighted by Crippen LogP contribution is 2.21. The predicted molar refractivity (Wildman–Crippen MR) is 89.4 cm³/mol. The van der Waals surface area contributed by atoms with E-state index in [-0.39, 0.29) is 12.1 Å². The van der Waals surface area contributed by atoms with Crippen molar-refractivity contribution in [2.75, 3.05) is 6.54 Å². The largest absolute Gasteiger partial charge is 0.338 e. The summed E-state index contributed by atoms with van der Waals surface area (Å²) in [5.74, 6) is 0. The molecule has 0 fully saturated rings.